The molecule has 0 atom stereocenters. The molecule has 1 aromatic heterocycles. The third kappa shape index (κ3) is 1.97. The Kier molecular flexibility index (Phi) is 2.86. The highest BCUT2D eigenvalue weighted by Crippen LogP contribution is 2.27. The molecule has 0 fully saturated rings. The summed E-state index contributed by atoms with van der Waals surface area (Å²) >= 11 is 1.52. The van der Waals surface area contributed by atoms with E-state index in [1.54, 1.807) is 12.4 Å². The van der Waals surface area contributed by atoms with Gasteiger partial charge in [-0.15, -0.1) is 0 Å². The predicted molar refractivity (Wildman–Crippen MR) is 55.1 cm³/mol. The van der Waals surface area contributed by atoms with Crippen LogP contribution in [0.5, 0.6) is 0 Å². The second-order valence-electron chi connectivity index (χ2n) is 2.76. The van der Waals surface area contributed by atoms with Gasteiger partial charge in [-0.1, -0.05) is 30.0 Å². The molecule has 0 aliphatic heterocycles. The minimum atomic E-state index is 0.0594. The largest absolute Gasteiger partial charge is 0.392 e. The van der Waals surface area contributed by atoms with Crippen LogP contribution >= 0.6 is 11.8 Å². The number of aliphatic hydroxyl groups excluding tert-OH is 1. The van der Waals surface area contributed by atoms with E-state index in [1.165, 1.54) is 11.8 Å². The molecule has 72 valence electrons. The summed E-state index contributed by atoms with van der Waals surface area (Å²) in [5, 5.41) is 9.94. The molecular weight excluding hydrogens is 196 g/mol. The number of nitrogens with one attached hydrogen (secondary N) is 1. The van der Waals surface area contributed by atoms with Crippen LogP contribution in [-0.2, 0) is 6.61 Å². The van der Waals surface area contributed by atoms with Gasteiger partial charge in [-0.3, -0.25) is 0 Å². The van der Waals surface area contributed by atoms with Gasteiger partial charge in [0.15, 0.2) is 5.16 Å². The zero-order chi connectivity index (χ0) is 9.80. The van der Waals surface area contributed by atoms with Gasteiger partial charge in [-0.05, 0) is 11.6 Å². The summed E-state index contributed by atoms with van der Waals surface area (Å²) in [7, 11) is 0. The summed E-state index contributed by atoms with van der Waals surface area (Å²) in [4.78, 5) is 8.15. The molecule has 0 unspecified atom stereocenters. The van der Waals surface area contributed by atoms with E-state index < -0.39 is 0 Å². The second-order valence-corrected chi connectivity index (χ2v) is 3.79. The molecule has 0 aliphatic rings. The first-order valence-electron chi connectivity index (χ1n) is 4.26. The fourth-order valence-corrected chi connectivity index (χ4v) is 2.00. The number of benzene rings is 1. The molecule has 2 N–H and O–H groups in total. The van der Waals surface area contributed by atoms with Gasteiger partial charge in [-0.25, -0.2) is 4.98 Å². The van der Waals surface area contributed by atoms with Crippen LogP contribution in [0, 0.1) is 0 Å². The summed E-state index contributed by atoms with van der Waals surface area (Å²) < 4.78 is 0. The lowest BCUT2D eigenvalue weighted by Gasteiger charge is -2.03. The van der Waals surface area contributed by atoms with Crippen LogP contribution in [0.25, 0.3) is 0 Å². The number of nitrogens with zero attached hydrogens (tertiary/aromatic N) is 1. The molecular formula is C10H10N2OS. The van der Waals surface area contributed by atoms with Crippen molar-refractivity contribution in [1.29, 1.82) is 0 Å². The van der Waals surface area contributed by atoms with E-state index in [9.17, 15) is 0 Å². The van der Waals surface area contributed by atoms with Gasteiger partial charge in [0.05, 0.1) is 6.61 Å². The monoisotopic (exact) mass is 206 g/mol. The number of imidazole rings is 1. The first-order chi connectivity index (χ1) is 6.90. The number of H-pyrrole nitrogens is 1. The Morgan fingerprint density at radius 2 is 2.21 bits per heavy atom. The van der Waals surface area contributed by atoms with Crippen molar-refractivity contribution in [3.8, 4) is 0 Å². The molecule has 0 radical (unpaired) electrons. The Balaban J connectivity index is 2.24. The number of aliphatic hydroxyl groups is 1. The molecule has 0 spiro atoms. The van der Waals surface area contributed by atoms with Crippen molar-refractivity contribution in [3.63, 3.8) is 0 Å². The maximum absolute atomic E-state index is 9.10. The minimum absolute atomic E-state index is 0.0594. The maximum atomic E-state index is 9.10. The van der Waals surface area contributed by atoms with E-state index in [4.69, 9.17) is 5.11 Å². The average molecular weight is 206 g/mol. The Morgan fingerprint density at radius 3 is 2.93 bits per heavy atom. The molecule has 0 amide bonds. The van der Waals surface area contributed by atoms with Crippen molar-refractivity contribution in [3.05, 3.63) is 42.2 Å². The van der Waals surface area contributed by atoms with Crippen LogP contribution in [-0.4, -0.2) is 15.1 Å². The molecule has 0 aliphatic carbocycles. The van der Waals surface area contributed by atoms with Crippen LogP contribution < -0.4 is 0 Å². The van der Waals surface area contributed by atoms with Gasteiger partial charge in [0.25, 0.3) is 0 Å². The number of rotatable bonds is 3. The summed E-state index contributed by atoms with van der Waals surface area (Å²) in [6, 6.07) is 7.74. The Labute approximate surface area is 86.2 Å². The smallest absolute Gasteiger partial charge is 0.170 e. The van der Waals surface area contributed by atoms with Crippen LogP contribution in [0.3, 0.4) is 0 Å². The highest BCUT2D eigenvalue weighted by molar-refractivity contribution is 7.99. The van der Waals surface area contributed by atoms with Crippen LogP contribution in [0.4, 0.5) is 0 Å². The second kappa shape index (κ2) is 4.30. The first kappa shape index (κ1) is 9.30. The number of hydrogen-bond donors (Lipinski definition) is 2. The van der Waals surface area contributed by atoms with E-state index in [2.05, 4.69) is 9.97 Å². The van der Waals surface area contributed by atoms with Crippen molar-refractivity contribution < 1.29 is 5.11 Å². The van der Waals surface area contributed by atoms with Crippen LogP contribution in [0.15, 0.2) is 46.7 Å². The van der Waals surface area contributed by atoms with Crippen molar-refractivity contribution >= 4 is 11.8 Å². The Bertz CT molecular complexity index is 400. The van der Waals surface area contributed by atoms with Gasteiger partial charge >= 0.3 is 0 Å². The Hall–Kier alpha value is -1.26. The van der Waals surface area contributed by atoms with Crippen molar-refractivity contribution in [2.75, 3.05) is 0 Å². The van der Waals surface area contributed by atoms with E-state index in [-0.39, 0.29) is 6.61 Å². The summed E-state index contributed by atoms with van der Waals surface area (Å²) in [6.45, 7) is 0.0594. The SMILES string of the molecule is OCc1ccccc1Sc1ncc[nH]1. The summed E-state index contributed by atoms with van der Waals surface area (Å²) in [5.74, 6) is 0. The normalized spacial score (nSPS) is 10.4. The molecule has 2 rings (SSSR count). The molecule has 4 heteroatoms. The van der Waals surface area contributed by atoms with Crippen molar-refractivity contribution in [2.24, 2.45) is 0 Å². The van der Waals surface area contributed by atoms with Gasteiger partial charge in [0.2, 0.25) is 0 Å². The predicted octanol–water partition coefficient (Wildman–Crippen LogP) is 2.05. The van der Waals surface area contributed by atoms with Crippen molar-refractivity contribution in [1.82, 2.24) is 9.97 Å². The lowest BCUT2D eigenvalue weighted by atomic mass is 10.2. The lowest BCUT2D eigenvalue weighted by Crippen LogP contribution is -1.86. The van der Waals surface area contributed by atoms with Gasteiger partial charge < -0.3 is 10.1 Å². The van der Waals surface area contributed by atoms with Crippen LogP contribution in [0.2, 0.25) is 0 Å². The molecule has 2 aromatic rings. The molecule has 14 heavy (non-hydrogen) atoms. The topological polar surface area (TPSA) is 48.9 Å². The number of aromatic nitrogens is 2. The minimum Gasteiger partial charge on any atom is -0.392 e. The molecule has 0 saturated heterocycles. The zero-order valence-electron chi connectivity index (χ0n) is 7.47. The fourth-order valence-electron chi connectivity index (χ4n) is 1.14. The summed E-state index contributed by atoms with van der Waals surface area (Å²) in [5.41, 5.74) is 0.925. The van der Waals surface area contributed by atoms with Gasteiger partial charge in [-0.2, -0.15) is 0 Å². The molecule has 1 heterocycles. The standard InChI is InChI=1S/C10H10N2OS/c13-7-8-3-1-2-4-9(8)14-10-11-5-6-12-10/h1-6,13H,7H2,(H,11,12). The van der Waals surface area contributed by atoms with E-state index in [0.717, 1.165) is 15.6 Å². The Morgan fingerprint density at radius 1 is 1.36 bits per heavy atom. The van der Waals surface area contributed by atoms with E-state index >= 15 is 0 Å². The van der Waals surface area contributed by atoms with Crippen molar-refractivity contribution in [2.45, 2.75) is 16.7 Å². The molecule has 1 aromatic carbocycles. The quantitative estimate of drug-likeness (QED) is 0.808. The summed E-state index contributed by atoms with van der Waals surface area (Å²) in [6.07, 6.45) is 3.49. The maximum Gasteiger partial charge on any atom is 0.170 e. The van der Waals surface area contributed by atoms with E-state index in [0.29, 0.717) is 0 Å². The highest BCUT2D eigenvalue weighted by Gasteiger charge is 2.03. The van der Waals surface area contributed by atoms with Gasteiger partial charge in [0.1, 0.15) is 0 Å². The van der Waals surface area contributed by atoms with Gasteiger partial charge in [0, 0.05) is 17.3 Å². The number of aromatic amines is 1. The molecule has 0 saturated carbocycles. The third-order valence-electron chi connectivity index (χ3n) is 1.82. The zero-order valence-corrected chi connectivity index (χ0v) is 8.29. The average Bonchev–Trinajstić information content (AvgIpc) is 2.71. The highest BCUT2D eigenvalue weighted by atomic mass is 32.2. The molecule has 0 bridgehead atoms. The lowest BCUT2D eigenvalue weighted by molar-refractivity contribution is 0.279. The van der Waals surface area contributed by atoms with Crippen LogP contribution in [0.1, 0.15) is 5.56 Å². The first-order valence-corrected chi connectivity index (χ1v) is 5.08. The fraction of sp³-hybridized carbons (Fsp3) is 0.100. The molecule has 3 nitrogen and oxygen atoms in total. The van der Waals surface area contributed by atoms with E-state index in [1.807, 2.05) is 24.3 Å². The number of hydrogen-bond acceptors (Lipinski definition) is 3. The third-order valence-corrected chi connectivity index (χ3v) is 2.86.